The minimum atomic E-state index is 0. The van der Waals surface area contributed by atoms with E-state index in [0.717, 1.165) is 37.2 Å². The average molecular weight is 521 g/mol. The molecular weight excluding hydrogens is 487 g/mol. The highest BCUT2D eigenvalue weighted by atomic mass is 127. The predicted molar refractivity (Wildman–Crippen MR) is 128 cm³/mol. The summed E-state index contributed by atoms with van der Waals surface area (Å²) in [5, 5.41) is 7.88. The molecule has 2 fully saturated rings. The summed E-state index contributed by atoms with van der Waals surface area (Å²) < 4.78 is 5.18. The van der Waals surface area contributed by atoms with Gasteiger partial charge in [0.05, 0.1) is 6.61 Å². The van der Waals surface area contributed by atoms with Crippen LogP contribution in [0.1, 0.15) is 31.2 Å². The average Bonchev–Trinajstić information content (AvgIpc) is 3.48. The van der Waals surface area contributed by atoms with Gasteiger partial charge in [-0.15, -0.1) is 24.0 Å². The lowest BCUT2D eigenvalue weighted by Crippen LogP contribution is -2.45. The zero-order valence-electron chi connectivity index (χ0n) is 17.0. The smallest absolute Gasteiger partial charge is 0.191 e. The summed E-state index contributed by atoms with van der Waals surface area (Å²) in [7, 11) is 3.62. The molecule has 1 aliphatic carbocycles. The molecule has 0 spiro atoms. The molecule has 0 atom stereocenters. The number of rotatable bonds is 8. The van der Waals surface area contributed by atoms with Crippen LogP contribution in [0.15, 0.2) is 29.3 Å². The Morgan fingerprint density at radius 3 is 2.64 bits per heavy atom. The molecule has 1 saturated carbocycles. The number of nitrogens with one attached hydrogen (secondary N) is 2. The minimum absolute atomic E-state index is 0. The summed E-state index contributed by atoms with van der Waals surface area (Å²) >= 11 is 6.18. The number of likely N-dealkylation sites (tertiary alicyclic amines) is 1. The maximum absolute atomic E-state index is 6.18. The van der Waals surface area contributed by atoms with Gasteiger partial charge in [-0.2, -0.15) is 0 Å². The SMILES string of the molecule is CN=C(NCC1CCN(CCOC)CC1)NCC1(c2cccc(Cl)c2)CC1.I. The number of aliphatic imine (C=N–C) groups is 1. The number of guanidine groups is 1. The Hall–Kier alpha value is -0.570. The molecule has 0 amide bonds. The van der Waals surface area contributed by atoms with Crippen LogP contribution in [0.3, 0.4) is 0 Å². The Kier molecular flexibility index (Phi) is 9.80. The minimum Gasteiger partial charge on any atom is -0.383 e. The van der Waals surface area contributed by atoms with Gasteiger partial charge in [-0.05, 0) is 62.4 Å². The molecule has 5 nitrogen and oxygen atoms in total. The second kappa shape index (κ2) is 11.6. The first kappa shape index (κ1) is 23.7. The second-order valence-corrected chi connectivity index (χ2v) is 8.31. The summed E-state index contributed by atoms with van der Waals surface area (Å²) in [6.07, 6.45) is 4.88. The van der Waals surface area contributed by atoms with E-state index >= 15 is 0 Å². The maximum Gasteiger partial charge on any atom is 0.191 e. The van der Waals surface area contributed by atoms with Crippen LogP contribution in [-0.4, -0.2) is 64.3 Å². The van der Waals surface area contributed by atoms with Crippen LogP contribution in [0.2, 0.25) is 5.02 Å². The van der Waals surface area contributed by atoms with Gasteiger partial charge in [-0.1, -0.05) is 23.7 Å². The van der Waals surface area contributed by atoms with Crippen molar-refractivity contribution in [2.45, 2.75) is 31.1 Å². The van der Waals surface area contributed by atoms with Gasteiger partial charge >= 0.3 is 0 Å². The van der Waals surface area contributed by atoms with Crippen molar-refractivity contribution in [2.24, 2.45) is 10.9 Å². The predicted octanol–water partition coefficient (Wildman–Crippen LogP) is 3.51. The lowest BCUT2D eigenvalue weighted by atomic mass is 9.96. The molecule has 1 aliphatic heterocycles. The highest BCUT2D eigenvalue weighted by molar-refractivity contribution is 14.0. The third-order valence-corrected chi connectivity index (χ3v) is 6.22. The summed E-state index contributed by atoms with van der Waals surface area (Å²) in [5.41, 5.74) is 1.55. The van der Waals surface area contributed by atoms with Gasteiger partial charge in [-0.25, -0.2) is 0 Å². The van der Waals surface area contributed by atoms with Crippen molar-refractivity contribution in [2.75, 3.05) is 53.5 Å². The Morgan fingerprint density at radius 1 is 1.29 bits per heavy atom. The molecule has 3 rings (SSSR count). The maximum atomic E-state index is 6.18. The highest BCUT2D eigenvalue weighted by Gasteiger charge is 2.44. The number of ether oxygens (including phenoxy) is 1. The largest absolute Gasteiger partial charge is 0.383 e. The number of nitrogens with zero attached hydrogens (tertiary/aromatic N) is 2. The molecule has 7 heteroatoms. The fourth-order valence-corrected chi connectivity index (χ4v) is 4.08. The molecule has 158 valence electrons. The first-order valence-corrected chi connectivity index (χ1v) is 10.4. The summed E-state index contributed by atoms with van der Waals surface area (Å²) in [5.74, 6) is 1.62. The molecule has 28 heavy (non-hydrogen) atoms. The standard InChI is InChI=1S/C21H33ClN4O.HI/c1-23-20(24-15-17-6-10-26(11-7-17)12-13-27-2)25-16-21(8-9-21)18-4-3-5-19(22)14-18;/h3-5,14,17H,6-13,15-16H2,1-2H3,(H2,23,24,25);1H. The molecule has 1 saturated heterocycles. The topological polar surface area (TPSA) is 48.9 Å². The number of hydrogen-bond donors (Lipinski definition) is 2. The van der Waals surface area contributed by atoms with Crippen molar-refractivity contribution >= 4 is 41.5 Å². The lowest BCUT2D eigenvalue weighted by molar-refractivity contribution is 0.121. The van der Waals surface area contributed by atoms with Crippen LogP contribution in [0, 0.1) is 5.92 Å². The van der Waals surface area contributed by atoms with Crippen molar-refractivity contribution < 1.29 is 4.74 Å². The van der Waals surface area contributed by atoms with E-state index in [1.165, 1.54) is 44.3 Å². The lowest BCUT2D eigenvalue weighted by Gasteiger charge is -2.32. The molecule has 1 aromatic rings. The van der Waals surface area contributed by atoms with E-state index in [-0.39, 0.29) is 29.4 Å². The quantitative estimate of drug-likeness (QED) is 0.313. The molecule has 2 aliphatic rings. The molecule has 1 aromatic carbocycles. The Morgan fingerprint density at radius 2 is 2.04 bits per heavy atom. The van der Waals surface area contributed by atoms with E-state index in [1.54, 1.807) is 7.11 Å². The summed E-state index contributed by atoms with van der Waals surface area (Å²) in [6, 6.07) is 8.28. The van der Waals surface area contributed by atoms with Gasteiger partial charge in [0.2, 0.25) is 0 Å². The summed E-state index contributed by atoms with van der Waals surface area (Å²) in [6.45, 7) is 6.10. The van der Waals surface area contributed by atoms with E-state index in [4.69, 9.17) is 16.3 Å². The fourth-order valence-electron chi connectivity index (χ4n) is 3.89. The third-order valence-electron chi connectivity index (χ3n) is 5.99. The van der Waals surface area contributed by atoms with Crippen LogP contribution in [-0.2, 0) is 10.2 Å². The monoisotopic (exact) mass is 520 g/mol. The van der Waals surface area contributed by atoms with E-state index in [1.807, 2.05) is 19.2 Å². The third kappa shape index (κ3) is 6.75. The molecule has 2 N–H and O–H groups in total. The van der Waals surface area contributed by atoms with Crippen LogP contribution in [0.5, 0.6) is 0 Å². The van der Waals surface area contributed by atoms with Gasteiger partial charge in [0, 0.05) is 44.2 Å². The number of hydrogen-bond acceptors (Lipinski definition) is 3. The number of methoxy groups -OCH3 is 1. The van der Waals surface area contributed by atoms with E-state index in [2.05, 4.69) is 32.7 Å². The van der Waals surface area contributed by atoms with E-state index in [9.17, 15) is 0 Å². The molecule has 0 radical (unpaired) electrons. The first-order chi connectivity index (χ1) is 13.1. The van der Waals surface area contributed by atoms with Crippen molar-refractivity contribution in [3.8, 4) is 0 Å². The van der Waals surface area contributed by atoms with Gasteiger partial charge in [-0.3, -0.25) is 4.99 Å². The van der Waals surface area contributed by atoms with E-state index < -0.39 is 0 Å². The van der Waals surface area contributed by atoms with Gasteiger partial charge < -0.3 is 20.3 Å². The van der Waals surface area contributed by atoms with Crippen molar-refractivity contribution in [1.82, 2.24) is 15.5 Å². The highest BCUT2D eigenvalue weighted by Crippen LogP contribution is 2.48. The van der Waals surface area contributed by atoms with Crippen LogP contribution in [0.4, 0.5) is 0 Å². The molecular formula is C21H34ClIN4O. The summed E-state index contributed by atoms with van der Waals surface area (Å²) in [4.78, 5) is 6.91. The second-order valence-electron chi connectivity index (χ2n) is 7.88. The zero-order valence-corrected chi connectivity index (χ0v) is 20.1. The van der Waals surface area contributed by atoms with Crippen molar-refractivity contribution in [3.05, 3.63) is 34.9 Å². The molecule has 0 aromatic heterocycles. The van der Waals surface area contributed by atoms with Crippen LogP contribution in [0.25, 0.3) is 0 Å². The Bertz CT molecular complexity index is 631. The van der Waals surface area contributed by atoms with Crippen molar-refractivity contribution in [1.29, 1.82) is 0 Å². The normalized spacial score (nSPS) is 19.8. The van der Waals surface area contributed by atoms with Crippen LogP contribution < -0.4 is 10.6 Å². The van der Waals surface area contributed by atoms with Crippen LogP contribution >= 0.6 is 35.6 Å². The van der Waals surface area contributed by atoms with Gasteiger partial charge in [0.1, 0.15) is 0 Å². The number of piperidine rings is 1. The number of benzene rings is 1. The Balaban J connectivity index is 0.00000280. The molecule has 1 heterocycles. The number of halogens is 2. The van der Waals surface area contributed by atoms with Gasteiger partial charge in [0.25, 0.3) is 0 Å². The fraction of sp³-hybridized carbons (Fsp3) is 0.667. The Labute approximate surface area is 191 Å². The molecule has 0 bridgehead atoms. The van der Waals surface area contributed by atoms with Gasteiger partial charge in [0.15, 0.2) is 5.96 Å². The first-order valence-electron chi connectivity index (χ1n) is 10.1. The molecule has 0 unspecified atom stereocenters. The van der Waals surface area contributed by atoms with Crippen molar-refractivity contribution in [3.63, 3.8) is 0 Å². The van der Waals surface area contributed by atoms with E-state index in [0.29, 0.717) is 5.92 Å². The zero-order chi connectivity index (χ0) is 19.1.